The number of rotatable bonds is 5. The van der Waals surface area contributed by atoms with Crippen molar-refractivity contribution in [2.45, 2.75) is 45.1 Å². The molecule has 1 aromatic heterocycles. The Morgan fingerprint density at radius 1 is 1.47 bits per heavy atom. The molecule has 1 aliphatic carbocycles. The van der Waals surface area contributed by atoms with Crippen LogP contribution in [0, 0.1) is 0 Å². The van der Waals surface area contributed by atoms with Crippen LogP contribution < -0.4 is 4.74 Å². The summed E-state index contributed by atoms with van der Waals surface area (Å²) in [6, 6.07) is 0.747. The van der Waals surface area contributed by atoms with E-state index in [-0.39, 0.29) is 6.42 Å². The van der Waals surface area contributed by atoms with Crippen molar-refractivity contribution in [3.05, 3.63) is 5.82 Å². The molecule has 0 radical (unpaired) electrons. The number of carboxylic acids is 1. The van der Waals surface area contributed by atoms with Crippen LogP contribution in [-0.2, 0) is 11.2 Å². The molecule has 0 bridgehead atoms. The molecule has 0 aliphatic heterocycles. The van der Waals surface area contributed by atoms with Crippen LogP contribution in [0.15, 0.2) is 0 Å². The summed E-state index contributed by atoms with van der Waals surface area (Å²) in [6.45, 7) is 2.39. The molecule has 0 amide bonds. The molecule has 0 atom stereocenters. The van der Waals surface area contributed by atoms with Crippen molar-refractivity contribution < 1.29 is 14.6 Å². The molecule has 0 spiro atoms. The second-order valence-corrected chi connectivity index (χ2v) is 4.21. The van der Waals surface area contributed by atoms with Crippen molar-refractivity contribution in [2.75, 3.05) is 6.61 Å². The molecular weight excluding hydrogens is 222 g/mol. The van der Waals surface area contributed by atoms with Gasteiger partial charge in [-0.2, -0.15) is 0 Å². The Morgan fingerprint density at radius 2 is 2.18 bits per heavy atom. The highest BCUT2D eigenvalue weighted by Crippen LogP contribution is 2.33. The normalized spacial score (nSPS) is 16.3. The van der Waals surface area contributed by atoms with Crippen molar-refractivity contribution in [3.8, 4) is 6.01 Å². The maximum atomic E-state index is 10.8. The Bertz CT molecular complexity index is 397. The van der Waals surface area contributed by atoms with E-state index in [0.717, 1.165) is 12.8 Å². The molecule has 1 saturated carbocycles. The fraction of sp³-hybridized carbons (Fsp3) is 0.727. The van der Waals surface area contributed by atoms with Gasteiger partial charge in [-0.1, -0.05) is 17.9 Å². The van der Waals surface area contributed by atoms with Crippen LogP contribution in [0.3, 0.4) is 0 Å². The molecule has 1 N–H and O–H groups in total. The van der Waals surface area contributed by atoms with Gasteiger partial charge in [0.1, 0.15) is 12.2 Å². The smallest absolute Gasteiger partial charge is 0.317 e. The zero-order valence-electron chi connectivity index (χ0n) is 9.93. The van der Waals surface area contributed by atoms with Crippen LogP contribution in [0.4, 0.5) is 0 Å². The molecule has 94 valence electrons. The number of aliphatic carboxylic acids is 1. The Hall–Kier alpha value is -1.59. The average Bonchev–Trinajstić information content (AvgIpc) is 2.87. The molecule has 6 nitrogen and oxygen atoms in total. The lowest BCUT2D eigenvalue weighted by atomic mass is 10.2. The second-order valence-electron chi connectivity index (χ2n) is 4.21. The summed E-state index contributed by atoms with van der Waals surface area (Å²) in [4.78, 5) is 10.8. The maximum absolute atomic E-state index is 10.8. The lowest BCUT2D eigenvalue weighted by Gasteiger charge is -2.15. The molecular formula is C11H17N3O3. The van der Waals surface area contributed by atoms with Crippen molar-refractivity contribution >= 4 is 5.97 Å². The van der Waals surface area contributed by atoms with E-state index in [1.807, 2.05) is 11.5 Å². The number of carboxylic acid groups (broad SMARTS) is 1. The molecule has 0 saturated heterocycles. The molecule has 1 fully saturated rings. The first kappa shape index (κ1) is 11.9. The Balaban J connectivity index is 2.28. The highest BCUT2D eigenvalue weighted by molar-refractivity contribution is 5.69. The van der Waals surface area contributed by atoms with Crippen molar-refractivity contribution in [3.63, 3.8) is 0 Å². The minimum absolute atomic E-state index is 0.101. The summed E-state index contributed by atoms with van der Waals surface area (Å²) >= 11 is 0. The fourth-order valence-electron chi connectivity index (χ4n) is 2.32. The lowest BCUT2D eigenvalue weighted by Crippen LogP contribution is -2.14. The highest BCUT2D eigenvalue weighted by Gasteiger charge is 2.25. The summed E-state index contributed by atoms with van der Waals surface area (Å²) in [7, 11) is 0. The lowest BCUT2D eigenvalue weighted by molar-refractivity contribution is -0.136. The summed E-state index contributed by atoms with van der Waals surface area (Å²) in [5.41, 5.74) is 0. The van der Waals surface area contributed by atoms with Gasteiger partial charge in [-0.3, -0.25) is 9.36 Å². The third-order valence-electron chi connectivity index (χ3n) is 3.01. The summed E-state index contributed by atoms with van der Waals surface area (Å²) < 4.78 is 7.27. The third kappa shape index (κ3) is 2.57. The molecule has 1 aromatic rings. The van der Waals surface area contributed by atoms with Crippen LogP contribution in [0.2, 0.25) is 0 Å². The van der Waals surface area contributed by atoms with E-state index in [0.29, 0.717) is 24.5 Å². The molecule has 0 aromatic carbocycles. The number of nitrogens with zero attached hydrogens (tertiary/aromatic N) is 3. The van der Waals surface area contributed by atoms with Gasteiger partial charge in [0.15, 0.2) is 0 Å². The average molecular weight is 239 g/mol. The first-order valence-corrected chi connectivity index (χ1v) is 6.00. The topological polar surface area (TPSA) is 77.2 Å². The van der Waals surface area contributed by atoms with Gasteiger partial charge in [-0.05, 0) is 19.8 Å². The Kier molecular flexibility index (Phi) is 3.61. The van der Waals surface area contributed by atoms with Gasteiger partial charge in [0.25, 0.3) is 0 Å². The van der Waals surface area contributed by atoms with Gasteiger partial charge < -0.3 is 9.84 Å². The number of aromatic nitrogens is 3. The van der Waals surface area contributed by atoms with Gasteiger partial charge >= 0.3 is 12.0 Å². The zero-order chi connectivity index (χ0) is 12.3. The van der Waals surface area contributed by atoms with Crippen LogP contribution in [-0.4, -0.2) is 32.4 Å². The van der Waals surface area contributed by atoms with Gasteiger partial charge in [0.2, 0.25) is 0 Å². The van der Waals surface area contributed by atoms with Gasteiger partial charge in [0, 0.05) is 6.04 Å². The maximum Gasteiger partial charge on any atom is 0.317 e. The first-order chi connectivity index (χ1) is 8.22. The van der Waals surface area contributed by atoms with E-state index in [1.165, 1.54) is 12.8 Å². The van der Waals surface area contributed by atoms with E-state index in [2.05, 4.69) is 10.2 Å². The van der Waals surface area contributed by atoms with Gasteiger partial charge in [-0.25, -0.2) is 0 Å². The predicted molar refractivity (Wildman–Crippen MR) is 60.0 cm³/mol. The number of hydrogen-bond donors (Lipinski definition) is 1. The minimum atomic E-state index is -0.889. The van der Waals surface area contributed by atoms with Crippen LogP contribution in [0.5, 0.6) is 6.01 Å². The van der Waals surface area contributed by atoms with Crippen molar-refractivity contribution in [2.24, 2.45) is 0 Å². The SMILES string of the molecule is CCOc1nnc(CC(=O)O)n1C1CCCC1. The summed E-state index contributed by atoms with van der Waals surface area (Å²) in [5, 5.41) is 16.7. The second kappa shape index (κ2) is 5.16. The number of carbonyl (C=O) groups is 1. The Labute approximate surface area is 99.6 Å². The standard InChI is InChI=1S/C11H17N3O3/c1-2-17-11-13-12-9(7-10(15)16)14(11)8-5-3-4-6-8/h8H,2-7H2,1H3,(H,15,16). The van der Waals surface area contributed by atoms with E-state index < -0.39 is 5.97 Å². The molecule has 2 rings (SSSR count). The quantitative estimate of drug-likeness (QED) is 0.840. The van der Waals surface area contributed by atoms with Gasteiger partial charge in [0.05, 0.1) is 6.61 Å². The third-order valence-corrected chi connectivity index (χ3v) is 3.01. The fourth-order valence-corrected chi connectivity index (χ4v) is 2.32. The summed E-state index contributed by atoms with van der Waals surface area (Å²) in [5.74, 6) is -0.396. The van der Waals surface area contributed by atoms with E-state index in [4.69, 9.17) is 9.84 Å². The number of ether oxygens (including phenoxy) is 1. The molecule has 1 aliphatic rings. The van der Waals surface area contributed by atoms with Gasteiger partial charge in [-0.15, -0.1) is 5.10 Å². The molecule has 6 heteroatoms. The minimum Gasteiger partial charge on any atom is -0.481 e. The monoisotopic (exact) mass is 239 g/mol. The molecule has 0 unspecified atom stereocenters. The van der Waals surface area contributed by atoms with E-state index in [1.54, 1.807) is 0 Å². The molecule has 1 heterocycles. The zero-order valence-corrected chi connectivity index (χ0v) is 9.93. The van der Waals surface area contributed by atoms with Crippen LogP contribution in [0.1, 0.15) is 44.5 Å². The summed E-state index contributed by atoms with van der Waals surface area (Å²) in [6.07, 6.45) is 4.33. The molecule has 17 heavy (non-hydrogen) atoms. The predicted octanol–water partition coefficient (Wildman–Crippen LogP) is 1.42. The van der Waals surface area contributed by atoms with Crippen molar-refractivity contribution in [1.29, 1.82) is 0 Å². The van der Waals surface area contributed by atoms with E-state index in [9.17, 15) is 4.79 Å². The largest absolute Gasteiger partial charge is 0.481 e. The van der Waals surface area contributed by atoms with Crippen molar-refractivity contribution in [1.82, 2.24) is 14.8 Å². The first-order valence-electron chi connectivity index (χ1n) is 6.00. The van der Waals surface area contributed by atoms with Crippen LogP contribution >= 0.6 is 0 Å². The number of hydrogen-bond acceptors (Lipinski definition) is 4. The van der Waals surface area contributed by atoms with E-state index >= 15 is 0 Å². The highest BCUT2D eigenvalue weighted by atomic mass is 16.5. The Morgan fingerprint density at radius 3 is 2.76 bits per heavy atom. The van der Waals surface area contributed by atoms with Crippen LogP contribution in [0.25, 0.3) is 0 Å².